The van der Waals surface area contributed by atoms with Crippen LogP contribution in [0, 0.1) is 29.6 Å². The average molecular weight is 721 g/mol. The van der Waals surface area contributed by atoms with Crippen molar-refractivity contribution in [3.8, 4) is 0 Å². The number of rotatable bonds is 10. The molecule has 5 heterocycles. The van der Waals surface area contributed by atoms with Crippen LogP contribution in [-0.4, -0.2) is 182 Å². The Morgan fingerprint density at radius 3 is 2.02 bits per heavy atom. The topological polar surface area (TPSA) is 297 Å². The molecule has 19 heteroatoms. The van der Waals surface area contributed by atoms with Gasteiger partial charge in [-0.3, -0.25) is 4.79 Å². The Hall–Kier alpha value is -1.89. The van der Waals surface area contributed by atoms with Crippen LogP contribution in [0.4, 0.5) is 0 Å². The molecule has 282 valence electrons. The lowest BCUT2D eigenvalue weighted by atomic mass is 9.79. The maximum Gasteiger partial charge on any atom is 0.311 e. The van der Waals surface area contributed by atoms with E-state index in [2.05, 4.69) is 0 Å². The van der Waals surface area contributed by atoms with E-state index in [9.17, 15) is 55.9 Å². The minimum absolute atomic E-state index is 0.200. The van der Waals surface area contributed by atoms with Gasteiger partial charge in [0.15, 0.2) is 18.9 Å². The summed E-state index contributed by atoms with van der Waals surface area (Å²) >= 11 is 0. The lowest BCUT2D eigenvalue weighted by Gasteiger charge is -2.45. The summed E-state index contributed by atoms with van der Waals surface area (Å²) in [7, 11) is 0. The predicted molar refractivity (Wildman–Crippen MR) is 155 cm³/mol. The first kappa shape index (κ1) is 36.5. The minimum atomic E-state index is -1.71. The molecule has 5 fully saturated rings. The highest BCUT2D eigenvalue weighted by Gasteiger charge is 2.77. The SMILES string of the molecule is O=C(OC1C2C=COC(OC3OC(CO)C(O)C(O)C3O)C2C2(CO)OC12)C1COC(OC2OC(CO)C(O)C(O)C2O)C2C(CO)=CCC12. The predicted octanol–water partition coefficient (Wildman–Crippen LogP) is -5.70. The number of aliphatic hydroxyl groups is 10. The fourth-order valence-electron chi connectivity index (χ4n) is 8.42. The summed E-state index contributed by atoms with van der Waals surface area (Å²) < 4.78 is 46.4. The maximum atomic E-state index is 13.9. The van der Waals surface area contributed by atoms with Crippen molar-refractivity contribution in [2.45, 2.75) is 98.2 Å². The van der Waals surface area contributed by atoms with Crippen molar-refractivity contribution in [3.05, 3.63) is 24.0 Å². The summed E-state index contributed by atoms with van der Waals surface area (Å²) in [5.74, 6) is -4.08. The van der Waals surface area contributed by atoms with Crippen LogP contribution in [0.15, 0.2) is 24.0 Å². The van der Waals surface area contributed by atoms with E-state index in [1.165, 1.54) is 6.26 Å². The number of carbonyl (C=O) groups is 1. The van der Waals surface area contributed by atoms with Gasteiger partial charge in [0, 0.05) is 11.8 Å². The Balaban J connectivity index is 1.04. The highest BCUT2D eigenvalue weighted by atomic mass is 16.8. The van der Waals surface area contributed by atoms with Crippen molar-refractivity contribution in [1.29, 1.82) is 0 Å². The number of hydrogen-bond donors (Lipinski definition) is 10. The Bertz CT molecular complexity index is 1290. The summed E-state index contributed by atoms with van der Waals surface area (Å²) in [6.07, 6.45) is -14.5. The fourth-order valence-corrected chi connectivity index (χ4v) is 8.42. The van der Waals surface area contributed by atoms with Crippen molar-refractivity contribution in [2.24, 2.45) is 29.6 Å². The average Bonchev–Trinajstić information content (AvgIpc) is 3.59. The van der Waals surface area contributed by atoms with Crippen molar-refractivity contribution in [3.63, 3.8) is 0 Å². The molecule has 0 radical (unpaired) electrons. The van der Waals surface area contributed by atoms with Gasteiger partial charge in [0.25, 0.3) is 0 Å². The van der Waals surface area contributed by atoms with Gasteiger partial charge in [0.05, 0.1) is 51.1 Å². The van der Waals surface area contributed by atoms with Gasteiger partial charge in [-0.25, -0.2) is 0 Å². The van der Waals surface area contributed by atoms with Crippen LogP contribution in [0.5, 0.6) is 0 Å². The lowest BCUT2D eigenvalue weighted by Crippen LogP contribution is -2.60. The molecule has 1 saturated carbocycles. The normalized spacial score (nSPS) is 52.4. The maximum absolute atomic E-state index is 13.9. The molecule has 0 aromatic rings. The van der Waals surface area contributed by atoms with E-state index in [0.717, 1.165) is 0 Å². The van der Waals surface area contributed by atoms with Gasteiger partial charge in [-0.05, 0) is 24.0 Å². The van der Waals surface area contributed by atoms with Crippen molar-refractivity contribution in [2.75, 3.05) is 33.0 Å². The van der Waals surface area contributed by atoms with E-state index < -0.39 is 147 Å². The number of esters is 1. The summed E-state index contributed by atoms with van der Waals surface area (Å²) in [6, 6.07) is 0. The monoisotopic (exact) mass is 720 g/mol. The Kier molecular flexibility index (Phi) is 10.3. The third-order valence-corrected chi connectivity index (χ3v) is 11.2. The number of hydrogen-bond acceptors (Lipinski definition) is 19. The highest BCUT2D eigenvalue weighted by molar-refractivity contribution is 5.74. The molecule has 4 saturated heterocycles. The molecule has 0 aromatic carbocycles. The van der Waals surface area contributed by atoms with E-state index in [1.54, 1.807) is 12.2 Å². The molecule has 7 aliphatic rings. The second kappa shape index (κ2) is 14.2. The molecule has 50 heavy (non-hydrogen) atoms. The van der Waals surface area contributed by atoms with Crippen molar-refractivity contribution in [1.82, 2.24) is 0 Å². The standard InChI is InChI=1S/C31H44O19/c32-5-10-1-2-11-13(8-44-27(16(10)11)48-29-22(40)20(38)18(36)14(6-33)45-29)26(42)47-24-12-3-4-43-28(17(12)31(9-35)25(24)50-31)49-30-23(41)21(39)19(37)15(7-34)46-30/h1,3-4,11-25,27-30,32-41H,2,5-9H2. The Morgan fingerprint density at radius 2 is 1.44 bits per heavy atom. The van der Waals surface area contributed by atoms with Gasteiger partial charge in [0.1, 0.15) is 66.6 Å². The Labute approximate surface area is 284 Å². The van der Waals surface area contributed by atoms with Crippen LogP contribution in [0.1, 0.15) is 6.42 Å². The first-order chi connectivity index (χ1) is 24.0. The van der Waals surface area contributed by atoms with E-state index in [0.29, 0.717) is 12.0 Å². The zero-order chi connectivity index (χ0) is 35.6. The van der Waals surface area contributed by atoms with Gasteiger partial charge < -0.3 is 89.0 Å². The number of allylic oxidation sites excluding steroid dienone is 1. The molecule has 10 N–H and O–H groups in total. The summed E-state index contributed by atoms with van der Waals surface area (Å²) in [4.78, 5) is 13.9. The molecule has 5 aliphatic heterocycles. The van der Waals surface area contributed by atoms with Crippen LogP contribution >= 0.6 is 0 Å². The molecule has 2 aliphatic carbocycles. The van der Waals surface area contributed by atoms with Crippen LogP contribution in [0.25, 0.3) is 0 Å². The Morgan fingerprint density at radius 1 is 0.820 bits per heavy atom. The molecule has 0 spiro atoms. The quantitative estimate of drug-likeness (QED) is 0.0571. The molecule has 0 amide bonds. The second-order valence-corrected chi connectivity index (χ2v) is 13.8. The van der Waals surface area contributed by atoms with Gasteiger partial charge in [-0.1, -0.05) is 6.08 Å². The first-order valence-electron chi connectivity index (χ1n) is 16.6. The van der Waals surface area contributed by atoms with Gasteiger partial charge in [-0.15, -0.1) is 0 Å². The molecular formula is C31H44O19. The molecule has 20 unspecified atom stereocenters. The summed E-state index contributed by atoms with van der Waals surface area (Å²) in [5.41, 5.74) is -0.748. The van der Waals surface area contributed by atoms with Crippen LogP contribution in [0.2, 0.25) is 0 Å². The number of aliphatic hydroxyl groups excluding tert-OH is 10. The van der Waals surface area contributed by atoms with Gasteiger partial charge >= 0.3 is 5.97 Å². The number of carbonyl (C=O) groups excluding carboxylic acids is 1. The lowest BCUT2D eigenvalue weighted by molar-refractivity contribution is -0.351. The highest BCUT2D eigenvalue weighted by Crippen LogP contribution is 2.61. The third-order valence-electron chi connectivity index (χ3n) is 11.2. The van der Waals surface area contributed by atoms with Crippen LogP contribution in [-0.2, 0) is 42.7 Å². The van der Waals surface area contributed by atoms with Gasteiger partial charge in [-0.2, -0.15) is 0 Å². The van der Waals surface area contributed by atoms with E-state index in [4.69, 9.17) is 37.9 Å². The molecule has 19 nitrogen and oxygen atoms in total. The first-order valence-corrected chi connectivity index (χ1v) is 16.6. The molecule has 7 rings (SSSR count). The van der Waals surface area contributed by atoms with Gasteiger partial charge in [0.2, 0.25) is 6.29 Å². The molecule has 0 aromatic heterocycles. The third kappa shape index (κ3) is 5.90. The zero-order valence-corrected chi connectivity index (χ0v) is 26.6. The van der Waals surface area contributed by atoms with Crippen molar-refractivity contribution >= 4 is 5.97 Å². The van der Waals surface area contributed by atoms with E-state index >= 15 is 0 Å². The molecule has 0 bridgehead atoms. The van der Waals surface area contributed by atoms with E-state index in [1.807, 2.05) is 0 Å². The fraction of sp³-hybridized carbons (Fsp3) is 0.839. The van der Waals surface area contributed by atoms with E-state index in [-0.39, 0.29) is 13.2 Å². The van der Waals surface area contributed by atoms with Crippen LogP contribution < -0.4 is 0 Å². The van der Waals surface area contributed by atoms with Crippen LogP contribution in [0.3, 0.4) is 0 Å². The second-order valence-electron chi connectivity index (χ2n) is 13.8. The number of epoxide rings is 1. The number of fused-ring (bicyclic) bond motifs is 4. The number of ether oxygens (including phenoxy) is 8. The zero-order valence-electron chi connectivity index (χ0n) is 26.6. The minimum Gasteiger partial charge on any atom is -0.472 e. The molecular weight excluding hydrogens is 676 g/mol. The van der Waals surface area contributed by atoms with Crippen molar-refractivity contribution < 1.29 is 93.8 Å². The largest absolute Gasteiger partial charge is 0.472 e. The molecule has 20 atom stereocenters. The summed E-state index contributed by atoms with van der Waals surface area (Å²) in [5, 5.41) is 101. The summed E-state index contributed by atoms with van der Waals surface area (Å²) in [6.45, 7) is -2.42. The smallest absolute Gasteiger partial charge is 0.311 e.